The minimum absolute atomic E-state index is 0.0448. The molecule has 1 aliphatic rings. The Hall–Kier alpha value is -1.82. The van der Waals surface area contributed by atoms with E-state index < -0.39 is 0 Å². The molecule has 3 rings (SSSR count). The van der Waals surface area contributed by atoms with E-state index in [9.17, 15) is 4.79 Å². The van der Waals surface area contributed by atoms with E-state index in [0.717, 1.165) is 11.5 Å². The summed E-state index contributed by atoms with van der Waals surface area (Å²) in [5, 5.41) is 10.5. The highest BCUT2D eigenvalue weighted by atomic mass is 32.2. The lowest BCUT2D eigenvalue weighted by molar-refractivity contribution is -0.113. The molecular weight excluding hydrogens is 272 g/mol. The van der Waals surface area contributed by atoms with Crippen LogP contribution >= 0.6 is 11.8 Å². The van der Waals surface area contributed by atoms with Gasteiger partial charge in [-0.3, -0.25) is 9.89 Å². The molecule has 5 nitrogen and oxygen atoms in total. The maximum atomic E-state index is 11.8. The van der Waals surface area contributed by atoms with Crippen molar-refractivity contribution in [1.82, 2.24) is 15.2 Å². The molecule has 0 radical (unpaired) electrons. The SMILES string of the molecule is Cc1ccc(NC(=O)CSc2n[nH]c(C3CC3)n2)cc1. The molecule has 1 fully saturated rings. The van der Waals surface area contributed by atoms with Gasteiger partial charge in [0.25, 0.3) is 0 Å². The molecule has 1 heterocycles. The van der Waals surface area contributed by atoms with Gasteiger partial charge >= 0.3 is 0 Å². The van der Waals surface area contributed by atoms with Gasteiger partial charge < -0.3 is 5.32 Å². The molecular formula is C14H16N4OS. The normalized spacial score (nSPS) is 14.2. The number of carbonyl (C=O) groups excluding carboxylic acids is 1. The maximum Gasteiger partial charge on any atom is 0.234 e. The number of rotatable bonds is 5. The van der Waals surface area contributed by atoms with Crippen LogP contribution in [0, 0.1) is 6.92 Å². The number of amides is 1. The van der Waals surface area contributed by atoms with Crippen molar-refractivity contribution in [3.8, 4) is 0 Å². The average Bonchev–Trinajstić information content (AvgIpc) is 3.18. The van der Waals surface area contributed by atoms with Gasteiger partial charge in [0.1, 0.15) is 5.82 Å². The lowest BCUT2D eigenvalue weighted by Crippen LogP contribution is -2.14. The van der Waals surface area contributed by atoms with E-state index >= 15 is 0 Å². The van der Waals surface area contributed by atoms with Crippen LogP contribution in [0.5, 0.6) is 0 Å². The molecule has 104 valence electrons. The van der Waals surface area contributed by atoms with Gasteiger partial charge in [-0.25, -0.2) is 4.98 Å². The second-order valence-electron chi connectivity index (χ2n) is 4.98. The number of nitrogens with zero attached hydrogens (tertiary/aromatic N) is 2. The molecule has 1 aromatic carbocycles. The number of nitrogens with one attached hydrogen (secondary N) is 2. The summed E-state index contributed by atoms with van der Waals surface area (Å²) in [6, 6.07) is 7.74. The van der Waals surface area contributed by atoms with Crippen LogP contribution in [0.4, 0.5) is 5.69 Å². The number of thioether (sulfide) groups is 1. The monoisotopic (exact) mass is 288 g/mol. The zero-order chi connectivity index (χ0) is 13.9. The van der Waals surface area contributed by atoms with E-state index in [2.05, 4.69) is 20.5 Å². The summed E-state index contributed by atoms with van der Waals surface area (Å²) in [7, 11) is 0. The number of aromatic amines is 1. The largest absolute Gasteiger partial charge is 0.325 e. The van der Waals surface area contributed by atoms with Gasteiger partial charge in [0, 0.05) is 11.6 Å². The van der Waals surface area contributed by atoms with Crippen LogP contribution in [0.15, 0.2) is 29.4 Å². The minimum atomic E-state index is -0.0448. The van der Waals surface area contributed by atoms with Crippen molar-refractivity contribution in [2.75, 3.05) is 11.1 Å². The summed E-state index contributed by atoms with van der Waals surface area (Å²) in [6.07, 6.45) is 2.38. The number of anilines is 1. The predicted octanol–water partition coefficient (Wildman–Crippen LogP) is 2.72. The molecule has 2 aromatic rings. The number of hydrogen-bond donors (Lipinski definition) is 2. The molecule has 1 aliphatic carbocycles. The van der Waals surface area contributed by atoms with Crippen LogP contribution in [0.1, 0.15) is 30.1 Å². The highest BCUT2D eigenvalue weighted by Gasteiger charge is 2.27. The van der Waals surface area contributed by atoms with Crippen LogP contribution in [0.3, 0.4) is 0 Å². The maximum absolute atomic E-state index is 11.8. The van der Waals surface area contributed by atoms with Gasteiger partial charge in [0.15, 0.2) is 0 Å². The zero-order valence-electron chi connectivity index (χ0n) is 11.2. The first-order valence-electron chi connectivity index (χ1n) is 6.62. The van der Waals surface area contributed by atoms with E-state index in [4.69, 9.17) is 0 Å². The third-order valence-corrected chi connectivity index (χ3v) is 3.96. The Balaban J connectivity index is 1.49. The Bertz CT molecular complexity index is 604. The van der Waals surface area contributed by atoms with E-state index in [1.54, 1.807) is 0 Å². The predicted molar refractivity (Wildman–Crippen MR) is 78.9 cm³/mol. The molecule has 0 aliphatic heterocycles. The third kappa shape index (κ3) is 3.39. The van der Waals surface area contributed by atoms with Crippen LogP contribution in [-0.2, 0) is 4.79 Å². The second-order valence-corrected chi connectivity index (χ2v) is 5.92. The van der Waals surface area contributed by atoms with Gasteiger partial charge in [-0.15, -0.1) is 5.10 Å². The van der Waals surface area contributed by atoms with Crippen molar-refractivity contribution in [3.05, 3.63) is 35.7 Å². The Labute approximate surface area is 121 Å². The van der Waals surface area contributed by atoms with Gasteiger partial charge in [0.05, 0.1) is 5.75 Å². The van der Waals surface area contributed by atoms with Crippen molar-refractivity contribution in [2.45, 2.75) is 30.8 Å². The van der Waals surface area contributed by atoms with E-state index in [1.165, 1.54) is 30.2 Å². The minimum Gasteiger partial charge on any atom is -0.325 e. The molecule has 0 atom stereocenters. The molecule has 1 amide bonds. The van der Waals surface area contributed by atoms with Crippen molar-refractivity contribution < 1.29 is 4.79 Å². The van der Waals surface area contributed by atoms with Gasteiger partial charge in [-0.2, -0.15) is 0 Å². The summed E-state index contributed by atoms with van der Waals surface area (Å²) >= 11 is 1.35. The van der Waals surface area contributed by atoms with Crippen molar-refractivity contribution in [2.24, 2.45) is 0 Å². The number of H-pyrrole nitrogens is 1. The van der Waals surface area contributed by atoms with Crippen molar-refractivity contribution in [1.29, 1.82) is 0 Å². The van der Waals surface area contributed by atoms with Gasteiger partial charge in [-0.05, 0) is 31.9 Å². The average molecular weight is 288 g/mol. The van der Waals surface area contributed by atoms with E-state index in [0.29, 0.717) is 16.8 Å². The number of hydrogen-bond acceptors (Lipinski definition) is 4. The highest BCUT2D eigenvalue weighted by Crippen LogP contribution is 2.38. The summed E-state index contributed by atoms with van der Waals surface area (Å²) in [6.45, 7) is 2.02. The van der Waals surface area contributed by atoms with Crippen molar-refractivity contribution >= 4 is 23.4 Å². The molecule has 2 N–H and O–H groups in total. The number of benzene rings is 1. The standard InChI is InChI=1S/C14H16N4OS/c1-9-2-6-11(7-3-9)15-12(19)8-20-14-16-13(17-18-14)10-4-5-10/h2-3,6-7,10H,4-5,8H2,1H3,(H,15,19)(H,16,17,18). The number of aryl methyl sites for hydroxylation is 1. The Morgan fingerprint density at radius 1 is 1.40 bits per heavy atom. The molecule has 20 heavy (non-hydrogen) atoms. The molecule has 0 spiro atoms. The second kappa shape index (κ2) is 5.66. The first kappa shape index (κ1) is 13.2. The quantitative estimate of drug-likeness (QED) is 0.830. The molecule has 0 saturated heterocycles. The first-order valence-corrected chi connectivity index (χ1v) is 7.61. The lowest BCUT2D eigenvalue weighted by Gasteiger charge is -2.04. The Morgan fingerprint density at radius 2 is 2.15 bits per heavy atom. The van der Waals surface area contributed by atoms with Crippen LogP contribution in [-0.4, -0.2) is 26.8 Å². The van der Waals surface area contributed by atoms with Gasteiger partial charge in [0.2, 0.25) is 11.1 Å². The fourth-order valence-corrected chi connectivity index (χ4v) is 2.43. The number of carbonyl (C=O) groups is 1. The molecule has 1 aromatic heterocycles. The highest BCUT2D eigenvalue weighted by molar-refractivity contribution is 7.99. The Morgan fingerprint density at radius 3 is 2.85 bits per heavy atom. The van der Waals surface area contributed by atoms with E-state index in [-0.39, 0.29) is 5.91 Å². The summed E-state index contributed by atoms with van der Waals surface area (Å²) in [5.74, 6) is 1.77. The topological polar surface area (TPSA) is 70.7 Å². The number of aromatic nitrogens is 3. The summed E-state index contributed by atoms with van der Waals surface area (Å²) in [5.41, 5.74) is 1.99. The molecule has 0 bridgehead atoms. The Kier molecular flexibility index (Phi) is 3.73. The van der Waals surface area contributed by atoms with Crippen LogP contribution < -0.4 is 5.32 Å². The zero-order valence-corrected chi connectivity index (χ0v) is 12.0. The summed E-state index contributed by atoms with van der Waals surface area (Å²) in [4.78, 5) is 16.2. The van der Waals surface area contributed by atoms with Gasteiger partial charge in [-0.1, -0.05) is 29.5 Å². The summed E-state index contributed by atoms with van der Waals surface area (Å²) < 4.78 is 0. The molecule has 0 unspecified atom stereocenters. The molecule has 1 saturated carbocycles. The first-order chi connectivity index (χ1) is 9.70. The fourth-order valence-electron chi connectivity index (χ4n) is 1.83. The fraction of sp³-hybridized carbons (Fsp3) is 0.357. The van der Waals surface area contributed by atoms with Crippen LogP contribution in [0.25, 0.3) is 0 Å². The third-order valence-electron chi connectivity index (χ3n) is 3.11. The smallest absolute Gasteiger partial charge is 0.234 e. The van der Waals surface area contributed by atoms with Crippen LogP contribution in [0.2, 0.25) is 0 Å². The lowest BCUT2D eigenvalue weighted by atomic mass is 10.2. The van der Waals surface area contributed by atoms with E-state index in [1.807, 2.05) is 31.2 Å². The van der Waals surface area contributed by atoms with Crippen molar-refractivity contribution in [3.63, 3.8) is 0 Å². The molecule has 6 heteroatoms.